The van der Waals surface area contributed by atoms with E-state index < -0.39 is 6.04 Å². The van der Waals surface area contributed by atoms with Crippen molar-refractivity contribution in [2.75, 3.05) is 16.8 Å². The molecule has 1 aliphatic heterocycles. The van der Waals surface area contributed by atoms with E-state index in [9.17, 15) is 18.8 Å². The smallest absolute Gasteiger partial charge is 0.292 e. The van der Waals surface area contributed by atoms with E-state index in [1.165, 1.54) is 24.0 Å². The van der Waals surface area contributed by atoms with Gasteiger partial charge in [-0.2, -0.15) is 0 Å². The zero-order valence-corrected chi connectivity index (χ0v) is 14.9. The van der Waals surface area contributed by atoms with Gasteiger partial charge in [0.15, 0.2) is 6.04 Å². The van der Waals surface area contributed by atoms with Gasteiger partial charge >= 0.3 is 0 Å². The summed E-state index contributed by atoms with van der Waals surface area (Å²) in [6.45, 7) is 1.99. The van der Waals surface area contributed by atoms with Crippen LogP contribution in [0.3, 0.4) is 0 Å². The van der Waals surface area contributed by atoms with Crippen LogP contribution in [0.25, 0.3) is 0 Å². The average Bonchev–Trinajstić information content (AvgIpc) is 2.89. The zero-order valence-electron chi connectivity index (χ0n) is 14.9. The Kier molecular flexibility index (Phi) is 5.61. The van der Waals surface area contributed by atoms with Crippen molar-refractivity contribution in [3.8, 4) is 0 Å². The number of carbonyl (C=O) groups excluding carboxylic acids is 3. The lowest BCUT2D eigenvalue weighted by atomic mass is 10.1. The molecule has 1 heterocycles. The predicted octanol–water partition coefficient (Wildman–Crippen LogP) is 1.22. The summed E-state index contributed by atoms with van der Waals surface area (Å²) in [6.07, 6.45) is 0.747. The Morgan fingerprint density at radius 2 is 1.96 bits per heavy atom. The third-order valence-corrected chi connectivity index (χ3v) is 4.40. The summed E-state index contributed by atoms with van der Waals surface area (Å²) in [6, 6.07) is 12.5. The van der Waals surface area contributed by atoms with Crippen molar-refractivity contribution < 1.29 is 24.1 Å². The van der Waals surface area contributed by atoms with E-state index in [1.54, 1.807) is 30.3 Å². The van der Waals surface area contributed by atoms with Crippen LogP contribution >= 0.6 is 0 Å². The number of amides is 3. The Bertz CT molecular complexity index is 867. The molecule has 0 aromatic heterocycles. The summed E-state index contributed by atoms with van der Waals surface area (Å²) in [4.78, 5) is 37.2. The van der Waals surface area contributed by atoms with Gasteiger partial charge in [0.05, 0.1) is 18.7 Å². The van der Waals surface area contributed by atoms with Crippen LogP contribution in [0.1, 0.15) is 18.9 Å². The number of hydrogen-bond acceptors (Lipinski definition) is 3. The van der Waals surface area contributed by atoms with Crippen molar-refractivity contribution in [1.82, 2.24) is 0 Å². The fourth-order valence-electron chi connectivity index (χ4n) is 3.15. The molecule has 0 unspecified atom stereocenters. The average molecular weight is 370 g/mol. The zero-order chi connectivity index (χ0) is 19.4. The van der Waals surface area contributed by atoms with E-state index in [4.69, 9.17) is 0 Å². The van der Waals surface area contributed by atoms with Crippen LogP contribution in [0.4, 0.5) is 15.8 Å². The molecule has 1 atom stereocenters. The number of rotatable bonds is 6. The number of nitrogens with one attached hydrogen (secondary N) is 1. The van der Waals surface area contributed by atoms with Crippen LogP contribution in [-0.2, 0) is 20.8 Å². The topological polar surface area (TPSA) is 83.1 Å². The van der Waals surface area contributed by atoms with Crippen molar-refractivity contribution >= 4 is 29.1 Å². The minimum Gasteiger partial charge on any atom is -0.335 e. The molecule has 140 valence electrons. The maximum Gasteiger partial charge on any atom is 0.292 e. The van der Waals surface area contributed by atoms with E-state index in [0.717, 1.165) is 5.56 Å². The number of carbonyl (C=O) groups is 3. The van der Waals surface area contributed by atoms with Crippen LogP contribution in [0.5, 0.6) is 0 Å². The van der Waals surface area contributed by atoms with Crippen LogP contribution in [0.2, 0.25) is 0 Å². The highest BCUT2D eigenvalue weighted by Crippen LogP contribution is 2.23. The number of imide groups is 1. The van der Waals surface area contributed by atoms with Crippen molar-refractivity contribution in [1.29, 1.82) is 0 Å². The summed E-state index contributed by atoms with van der Waals surface area (Å²) in [5, 5.41) is 4.47. The first-order valence-corrected chi connectivity index (χ1v) is 8.76. The molecule has 27 heavy (non-hydrogen) atoms. The van der Waals surface area contributed by atoms with Gasteiger partial charge in [0, 0.05) is 19.0 Å². The van der Waals surface area contributed by atoms with Crippen LogP contribution < -0.4 is 15.5 Å². The second kappa shape index (κ2) is 8.09. The van der Waals surface area contributed by atoms with Gasteiger partial charge in [-0.25, -0.2) is 9.29 Å². The molecule has 0 spiro atoms. The van der Waals surface area contributed by atoms with Gasteiger partial charge in [0.1, 0.15) is 5.82 Å². The van der Waals surface area contributed by atoms with Crippen LogP contribution in [-0.4, -0.2) is 30.3 Å². The molecule has 3 rings (SSSR count). The molecule has 0 radical (unpaired) electrons. The SMILES string of the molecule is CC(=O)Nc1ccc(N2C(=O)C[C@@H]([NH2+]CCc3cccc(F)c3)C2=O)cc1. The van der Waals surface area contributed by atoms with E-state index in [2.05, 4.69) is 5.32 Å². The Hall–Kier alpha value is -3.06. The highest BCUT2D eigenvalue weighted by atomic mass is 19.1. The molecule has 2 aromatic rings. The van der Waals surface area contributed by atoms with Gasteiger partial charge in [-0.1, -0.05) is 12.1 Å². The van der Waals surface area contributed by atoms with E-state index in [1.807, 2.05) is 11.4 Å². The van der Waals surface area contributed by atoms with Gasteiger partial charge in [0.2, 0.25) is 11.8 Å². The Balaban J connectivity index is 1.60. The predicted molar refractivity (Wildman–Crippen MR) is 98.5 cm³/mol. The molecule has 3 amide bonds. The van der Waals surface area contributed by atoms with Gasteiger partial charge in [-0.3, -0.25) is 14.4 Å². The monoisotopic (exact) mass is 370 g/mol. The molecule has 0 aliphatic carbocycles. The minimum atomic E-state index is -0.471. The molecular weight excluding hydrogens is 349 g/mol. The number of halogens is 1. The molecule has 7 heteroatoms. The summed E-state index contributed by atoms with van der Waals surface area (Å²) in [5.74, 6) is -0.983. The Labute approximate surface area is 156 Å². The largest absolute Gasteiger partial charge is 0.335 e. The molecular formula is C20H21FN3O3+. The summed E-state index contributed by atoms with van der Waals surface area (Å²) in [5.41, 5.74) is 1.94. The Morgan fingerprint density at radius 1 is 1.22 bits per heavy atom. The number of anilines is 2. The molecule has 2 aromatic carbocycles. The summed E-state index contributed by atoms with van der Waals surface area (Å²) < 4.78 is 13.2. The number of nitrogens with zero attached hydrogens (tertiary/aromatic N) is 1. The highest BCUT2D eigenvalue weighted by Gasteiger charge is 2.42. The first-order chi connectivity index (χ1) is 12.9. The third-order valence-electron chi connectivity index (χ3n) is 4.40. The van der Waals surface area contributed by atoms with Gasteiger partial charge in [0.25, 0.3) is 5.91 Å². The summed E-state index contributed by atoms with van der Waals surface area (Å²) >= 11 is 0. The maximum absolute atomic E-state index is 13.2. The fourth-order valence-corrected chi connectivity index (χ4v) is 3.15. The molecule has 1 saturated heterocycles. The number of benzene rings is 2. The van der Waals surface area contributed by atoms with Crippen molar-refractivity contribution in [3.05, 3.63) is 59.9 Å². The number of nitrogens with two attached hydrogens (primary N) is 1. The third kappa shape index (κ3) is 4.57. The second-order valence-corrected chi connectivity index (χ2v) is 6.51. The van der Waals surface area contributed by atoms with Crippen molar-refractivity contribution in [2.45, 2.75) is 25.8 Å². The first kappa shape index (κ1) is 18.7. The standard InChI is InChI=1S/C20H20FN3O3/c1-13(25)23-16-5-7-17(8-6-16)24-19(26)12-18(20(24)27)22-10-9-14-3-2-4-15(21)11-14/h2-8,11,18,22H,9-10,12H2,1H3,(H,23,25)/p+1/t18-/m1/s1. The molecule has 6 nitrogen and oxygen atoms in total. The van der Waals surface area contributed by atoms with Gasteiger partial charge < -0.3 is 10.6 Å². The van der Waals surface area contributed by atoms with Gasteiger partial charge in [-0.15, -0.1) is 0 Å². The second-order valence-electron chi connectivity index (χ2n) is 6.51. The van der Waals surface area contributed by atoms with E-state index >= 15 is 0 Å². The minimum absolute atomic E-state index is 0.134. The quantitative estimate of drug-likeness (QED) is 0.750. The molecule has 1 fully saturated rings. The normalized spacial score (nSPS) is 16.7. The lowest BCUT2D eigenvalue weighted by molar-refractivity contribution is -0.674. The molecule has 1 aliphatic rings. The van der Waals surface area contributed by atoms with Crippen molar-refractivity contribution in [2.24, 2.45) is 0 Å². The van der Waals surface area contributed by atoms with Gasteiger partial charge in [-0.05, 0) is 42.0 Å². The summed E-state index contributed by atoms with van der Waals surface area (Å²) in [7, 11) is 0. The number of quaternary nitrogens is 1. The van der Waals surface area contributed by atoms with E-state index in [-0.39, 0.29) is 30.0 Å². The lowest BCUT2D eigenvalue weighted by Crippen LogP contribution is -2.92. The van der Waals surface area contributed by atoms with Crippen LogP contribution in [0, 0.1) is 5.82 Å². The number of hydrogen-bond donors (Lipinski definition) is 2. The highest BCUT2D eigenvalue weighted by molar-refractivity contribution is 6.21. The molecule has 0 saturated carbocycles. The van der Waals surface area contributed by atoms with Crippen LogP contribution in [0.15, 0.2) is 48.5 Å². The fraction of sp³-hybridized carbons (Fsp3) is 0.250. The first-order valence-electron chi connectivity index (χ1n) is 8.76. The molecule has 0 bridgehead atoms. The van der Waals surface area contributed by atoms with Crippen molar-refractivity contribution in [3.63, 3.8) is 0 Å². The van der Waals surface area contributed by atoms with E-state index in [0.29, 0.717) is 24.3 Å². The lowest BCUT2D eigenvalue weighted by Gasteiger charge is -2.15. The molecule has 3 N–H and O–H groups in total. The Morgan fingerprint density at radius 3 is 2.63 bits per heavy atom. The maximum atomic E-state index is 13.2.